The summed E-state index contributed by atoms with van der Waals surface area (Å²) in [7, 11) is 0. The van der Waals surface area contributed by atoms with Crippen molar-refractivity contribution < 1.29 is 0 Å². The number of fused-ring (bicyclic) bond motifs is 1. The average molecular weight is 263 g/mol. The normalized spacial score (nSPS) is 18.6. The minimum atomic E-state index is 0.653. The highest BCUT2D eigenvalue weighted by molar-refractivity contribution is 7.09. The number of aryl methyl sites for hydroxylation is 2. The van der Waals surface area contributed by atoms with Crippen LogP contribution in [0.2, 0.25) is 0 Å². The van der Waals surface area contributed by atoms with Crippen LogP contribution in [0.5, 0.6) is 0 Å². The Balaban J connectivity index is 1.55. The molecule has 18 heavy (non-hydrogen) atoms. The van der Waals surface area contributed by atoms with Crippen molar-refractivity contribution >= 4 is 16.7 Å². The van der Waals surface area contributed by atoms with Gasteiger partial charge in [0.05, 0.1) is 0 Å². The largest absolute Gasteiger partial charge is 0.360 e. The van der Waals surface area contributed by atoms with Crippen molar-refractivity contribution in [2.24, 2.45) is 5.92 Å². The number of hydrogen-bond acceptors (Lipinski definition) is 5. The third kappa shape index (κ3) is 2.38. The molecule has 3 heterocycles. The number of hydrogen-bond donors (Lipinski definition) is 1. The molecular formula is C12H17N5S. The first kappa shape index (κ1) is 11.6. The van der Waals surface area contributed by atoms with E-state index < -0.39 is 0 Å². The summed E-state index contributed by atoms with van der Waals surface area (Å²) in [6, 6.07) is 0. The second-order valence-corrected chi connectivity index (χ2v) is 5.40. The Morgan fingerprint density at radius 1 is 1.56 bits per heavy atom. The maximum absolute atomic E-state index is 4.42. The molecule has 0 bridgehead atoms. The molecule has 0 amide bonds. The monoisotopic (exact) mass is 263 g/mol. The Hall–Kier alpha value is -1.43. The first-order chi connectivity index (χ1) is 8.85. The van der Waals surface area contributed by atoms with Gasteiger partial charge in [0.2, 0.25) is 5.13 Å². The van der Waals surface area contributed by atoms with Gasteiger partial charge in [-0.15, -0.1) is 0 Å². The zero-order valence-electron chi connectivity index (χ0n) is 10.5. The molecule has 0 radical (unpaired) electrons. The summed E-state index contributed by atoms with van der Waals surface area (Å²) >= 11 is 1.46. The molecular weight excluding hydrogens is 246 g/mol. The third-order valence-electron chi connectivity index (χ3n) is 3.36. The van der Waals surface area contributed by atoms with Gasteiger partial charge >= 0.3 is 0 Å². The first-order valence-corrected chi connectivity index (χ1v) is 7.19. The standard InChI is InChI=1S/C12H17N5S/c1-2-10-15-12(18-16-10)14-7-9-3-4-11-13-5-6-17(11)8-9/h5-6,9H,2-4,7-8H2,1H3,(H,14,15,16)/t9-/m0/s1. The molecule has 0 unspecified atom stereocenters. The first-order valence-electron chi connectivity index (χ1n) is 6.41. The van der Waals surface area contributed by atoms with Crippen LogP contribution >= 0.6 is 11.5 Å². The van der Waals surface area contributed by atoms with E-state index in [1.807, 2.05) is 6.20 Å². The Morgan fingerprint density at radius 2 is 2.50 bits per heavy atom. The molecule has 0 fully saturated rings. The fourth-order valence-corrected chi connectivity index (χ4v) is 2.96. The number of nitrogens with zero attached hydrogens (tertiary/aromatic N) is 4. The van der Waals surface area contributed by atoms with E-state index in [0.717, 1.165) is 36.9 Å². The average Bonchev–Trinajstić information content (AvgIpc) is 3.04. The molecule has 1 aliphatic rings. The quantitative estimate of drug-likeness (QED) is 0.916. The Labute approximate surface area is 110 Å². The van der Waals surface area contributed by atoms with Crippen LogP contribution in [0, 0.1) is 5.92 Å². The maximum Gasteiger partial charge on any atom is 0.202 e. The van der Waals surface area contributed by atoms with E-state index >= 15 is 0 Å². The van der Waals surface area contributed by atoms with Gasteiger partial charge in [-0.3, -0.25) is 0 Å². The zero-order valence-corrected chi connectivity index (χ0v) is 11.3. The van der Waals surface area contributed by atoms with Crippen LogP contribution in [-0.2, 0) is 19.4 Å². The number of anilines is 1. The number of imidazole rings is 1. The van der Waals surface area contributed by atoms with Crippen molar-refractivity contribution in [3.05, 3.63) is 24.0 Å². The lowest BCUT2D eigenvalue weighted by Gasteiger charge is -2.23. The van der Waals surface area contributed by atoms with Crippen molar-refractivity contribution in [1.82, 2.24) is 18.9 Å². The van der Waals surface area contributed by atoms with E-state index in [-0.39, 0.29) is 0 Å². The van der Waals surface area contributed by atoms with Crippen LogP contribution in [0.1, 0.15) is 25.0 Å². The molecule has 2 aromatic heterocycles. The Kier molecular flexibility index (Phi) is 3.27. The number of nitrogens with one attached hydrogen (secondary N) is 1. The Bertz CT molecular complexity index is 518. The van der Waals surface area contributed by atoms with Crippen molar-refractivity contribution in [2.45, 2.75) is 32.7 Å². The van der Waals surface area contributed by atoms with E-state index in [2.05, 4.69) is 37.3 Å². The molecule has 5 nitrogen and oxygen atoms in total. The van der Waals surface area contributed by atoms with Gasteiger partial charge in [-0.25, -0.2) is 9.97 Å². The predicted octanol–water partition coefficient (Wildman–Crippen LogP) is 1.97. The van der Waals surface area contributed by atoms with Gasteiger partial charge in [0.15, 0.2) is 0 Å². The summed E-state index contributed by atoms with van der Waals surface area (Å²) in [5.74, 6) is 2.80. The molecule has 6 heteroatoms. The van der Waals surface area contributed by atoms with Crippen molar-refractivity contribution in [2.75, 3.05) is 11.9 Å². The highest BCUT2D eigenvalue weighted by Crippen LogP contribution is 2.20. The highest BCUT2D eigenvalue weighted by Gasteiger charge is 2.18. The van der Waals surface area contributed by atoms with E-state index in [1.54, 1.807) is 0 Å². The molecule has 1 atom stereocenters. The van der Waals surface area contributed by atoms with Gasteiger partial charge < -0.3 is 9.88 Å². The molecule has 1 aliphatic heterocycles. The molecule has 3 rings (SSSR count). The summed E-state index contributed by atoms with van der Waals surface area (Å²) in [5, 5.41) is 4.35. The number of rotatable bonds is 4. The lowest BCUT2D eigenvalue weighted by Crippen LogP contribution is -2.25. The van der Waals surface area contributed by atoms with Gasteiger partial charge in [-0.2, -0.15) is 4.37 Å². The van der Waals surface area contributed by atoms with Crippen molar-refractivity contribution in [3.8, 4) is 0 Å². The van der Waals surface area contributed by atoms with E-state index in [0.29, 0.717) is 5.92 Å². The second-order valence-electron chi connectivity index (χ2n) is 4.65. The van der Waals surface area contributed by atoms with E-state index in [9.17, 15) is 0 Å². The zero-order chi connectivity index (χ0) is 12.4. The molecule has 0 aromatic carbocycles. The van der Waals surface area contributed by atoms with Gasteiger partial charge in [0, 0.05) is 49.9 Å². The van der Waals surface area contributed by atoms with Gasteiger partial charge in [0.25, 0.3) is 0 Å². The van der Waals surface area contributed by atoms with Crippen molar-refractivity contribution in [1.29, 1.82) is 0 Å². The van der Waals surface area contributed by atoms with Crippen LogP contribution in [0.4, 0.5) is 5.13 Å². The van der Waals surface area contributed by atoms with Gasteiger partial charge in [-0.1, -0.05) is 6.92 Å². The van der Waals surface area contributed by atoms with Crippen LogP contribution in [0.15, 0.2) is 12.4 Å². The van der Waals surface area contributed by atoms with Crippen LogP contribution < -0.4 is 5.32 Å². The fraction of sp³-hybridized carbons (Fsp3) is 0.583. The topological polar surface area (TPSA) is 55.6 Å². The summed E-state index contributed by atoms with van der Waals surface area (Å²) in [4.78, 5) is 8.77. The molecule has 1 N–H and O–H groups in total. The summed E-state index contributed by atoms with van der Waals surface area (Å²) in [6.45, 7) is 4.10. The molecule has 0 aliphatic carbocycles. The Morgan fingerprint density at radius 3 is 3.33 bits per heavy atom. The number of aromatic nitrogens is 4. The highest BCUT2D eigenvalue weighted by atomic mass is 32.1. The third-order valence-corrected chi connectivity index (χ3v) is 4.07. The lowest BCUT2D eigenvalue weighted by molar-refractivity contribution is 0.381. The minimum absolute atomic E-state index is 0.653. The van der Waals surface area contributed by atoms with Gasteiger partial charge in [0.1, 0.15) is 11.6 Å². The predicted molar refractivity (Wildman–Crippen MR) is 71.8 cm³/mol. The van der Waals surface area contributed by atoms with Gasteiger partial charge in [-0.05, 0) is 12.3 Å². The van der Waals surface area contributed by atoms with Crippen molar-refractivity contribution in [3.63, 3.8) is 0 Å². The fourth-order valence-electron chi connectivity index (χ4n) is 2.30. The maximum atomic E-state index is 4.42. The smallest absolute Gasteiger partial charge is 0.202 e. The minimum Gasteiger partial charge on any atom is -0.360 e. The summed E-state index contributed by atoms with van der Waals surface area (Å²) in [5.41, 5.74) is 0. The molecule has 0 saturated carbocycles. The van der Waals surface area contributed by atoms with E-state index in [4.69, 9.17) is 0 Å². The van der Waals surface area contributed by atoms with Crippen LogP contribution in [-0.4, -0.2) is 25.5 Å². The molecule has 96 valence electrons. The second kappa shape index (κ2) is 5.06. The van der Waals surface area contributed by atoms with Crippen LogP contribution in [0.3, 0.4) is 0 Å². The molecule has 0 saturated heterocycles. The van der Waals surface area contributed by atoms with Crippen LogP contribution in [0.25, 0.3) is 0 Å². The molecule has 0 spiro atoms. The summed E-state index contributed by atoms with van der Waals surface area (Å²) in [6.07, 6.45) is 7.14. The summed E-state index contributed by atoms with van der Waals surface area (Å²) < 4.78 is 6.54. The SMILES string of the molecule is CCc1nsc(NC[C@@H]2CCc3nccn3C2)n1. The van der Waals surface area contributed by atoms with E-state index in [1.165, 1.54) is 23.8 Å². The lowest BCUT2D eigenvalue weighted by atomic mass is 9.99. The molecule has 2 aromatic rings.